The number of aromatic carboxylic acids is 1. The second kappa shape index (κ2) is 4.59. The summed E-state index contributed by atoms with van der Waals surface area (Å²) in [5.41, 5.74) is 1.53. The van der Waals surface area contributed by atoms with Gasteiger partial charge in [-0.3, -0.25) is 0 Å². The molecule has 1 saturated heterocycles. The van der Waals surface area contributed by atoms with Crippen LogP contribution in [-0.2, 0) is 9.84 Å². The first-order valence-electron chi connectivity index (χ1n) is 6.36. The summed E-state index contributed by atoms with van der Waals surface area (Å²) in [4.78, 5) is 15.2. The van der Waals surface area contributed by atoms with Gasteiger partial charge in [0.15, 0.2) is 9.84 Å². The maximum atomic E-state index is 11.7. The van der Waals surface area contributed by atoms with Gasteiger partial charge in [-0.15, -0.1) is 0 Å². The predicted octanol–water partition coefficient (Wildman–Crippen LogP) is 1.48. The van der Waals surface area contributed by atoms with E-state index in [9.17, 15) is 13.2 Å². The second-order valence-corrected chi connectivity index (χ2v) is 7.30. The van der Waals surface area contributed by atoms with Crippen molar-refractivity contribution < 1.29 is 18.3 Å². The molecule has 1 fully saturated rings. The number of carboxylic acids is 1. The Bertz CT molecular complexity index is 779. The summed E-state index contributed by atoms with van der Waals surface area (Å²) in [6, 6.07) is 4.53. The van der Waals surface area contributed by atoms with Gasteiger partial charge >= 0.3 is 5.97 Å². The number of hydrogen-bond acceptors (Lipinski definition) is 4. The van der Waals surface area contributed by atoms with Crippen LogP contribution >= 0.6 is 0 Å². The van der Waals surface area contributed by atoms with E-state index in [1.807, 2.05) is 0 Å². The molecule has 0 amide bonds. The molecule has 1 atom stereocenters. The van der Waals surface area contributed by atoms with Crippen molar-refractivity contribution in [1.29, 1.82) is 0 Å². The molecule has 2 aromatic rings. The number of aromatic nitrogens is 2. The molecule has 2 heterocycles. The molecule has 7 heteroatoms. The maximum Gasteiger partial charge on any atom is 0.335 e. The highest BCUT2D eigenvalue weighted by molar-refractivity contribution is 7.91. The lowest BCUT2D eigenvalue weighted by atomic mass is 10.1. The first-order valence-corrected chi connectivity index (χ1v) is 8.19. The summed E-state index contributed by atoms with van der Waals surface area (Å²) in [5.74, 6) is -0.678. The van der Waals surface area contributed by atoms with Crippen LogP contribution in [0.25, 0.3) is 11.0 Å². The zero-order valence-corrected chi connectivity index (χ0v) is 11.5. The number of carbonyl (C=O) groups is 1. The first kappa shape index (κ1) is 13.1. The van der Waals surface area contributed by atoms with E-state index in [0.717, 1.165) is 6.42 Å². The van der Waals surface area contributed by atoms with Gasteiger partial charge in [0.05, 0.1) is 34.4 Å². The van der Waals surface area contributed by atoms with Crippen molar-refractivity contribution in [3.63, 3.8) is 0 Å². The number of sulfone groups is 1. The van der Waals surface area contributed by atoms with E-state index >= 15 is 0 Å². The fraction of sp³-hybridized carbons (Fsp3) is 0.385. The molecule has 1 unspecified atom stereocenters. The van der Waals surface area contributed by atoms with Crippen molar-refractivity contribution in [3.05, 3.63) is 30.1 Å². The first-order chi connectivity index (χ1) is 9.46. The van der Waals surface area contributed by atoms with Gasteiger partial charge < -0.3 is 9.67 Å². The monoisotopic (exact) mass is 294 g/mol. The molecule has 0 saturated carbocycles. The topological polar surface area (TPSA) is 89.3 Å². The van der Waals surface area contributed by atoms with E-state index in [2.05, 4.69) is 4.98 Å². The number of carboxylic acid groups (broad SMARTS) is 1. The smallest absolute Gasteiger partial charge is 0.335 e. The van der Waals surface area contributed by atoms with Gasteiger partial charge in [-0.25, -0.2) is 18.2 Å². The molecule has 1 aromatic carbocycles. The molecule has 0 aliphatic carbocycles. The van der Waals surface area contributed by atoms with E-state index in [1.54, 1.807) is 23.0 Å². The summed E-state index contributed by atoms with van der Waals surface area (Å²) in [6.07, 6.45) is 3.00. The molecule has 3 rings (SSSR count). The Labute approximate surface area is 116 Å². The summed E-state index contributed by atoms with van der Waals surface area (Å²) in [7, 11) is -3.02. The van der Waals surface area contributed by atoms with E-state index < -0.39 is 15.8 Å². The van der Waals surface area contributed by atoms with Crippen LogP contribution in [0.1, 0.15) is 29.2 Å². The van der Waals surface area contributed by atoms with E-state index in [0.29, 0.717) is 17.5 Å². The quantitative estimate of drug-likeness (QED) is 0.906. The molecule has 20 heavy (non-hydrogen) atoms. The Morgan fingerprint density at radius 3 is 2.90 bits per heavy atom. The third-order valence-electron chi connectivity index (χ3n) is 3.65. The van der Waals surface area contributed by atoms with Gasteiger partial charge in [0.2, 0.25) is 0 Å². The number of benzene rings is 1. The zero-order chi connectivity index (χ0) is 14.3. The van der Waals surface area contributed by atoms with Crippen molar-refractivity contribution in [2.75, 3.05) is 11.5 Å². The van der Waals surface area contributed by atoms with Crippen molar-refractivity contribution in [2.45, 2.75) is 18.9 Å². The third-order valence-corrected chi connectivity index (χ3v) is 5.46. The number of hydrogen-bond donors (Lipinski definition) is 1. The van der Waals surface area contributed by atoms with Crippen LogP contribution in [0.2, 0.25) is 0 Å². The van der Waals surface area contributed by atoms with Crippen LogP contribution in [-0.4, -0.2) is 40.6 Å². The van der Waals surface area contributed by atoms with Crippen LogP contribution < -0.4 is 0 Å². The molecular weight excluding hydrogens is 280 g/mol. The van der Waals surface area contributed by atoms with Crippen LogP contribution in [0, 0.1) is 0 Å². The van der Waals surface area contributed by atoms with Gasteiger partial charge in [0.1, 0.15) is 0 Å². The molecule has 1 aromatic heterocycles. The fourth-order valence-electron chi connectivity index (χ4n) is 2.67. The molecule has 0 radical (unpaired) electrons. The second-order valence-electron chi connectivity index (χ2n) is 5.07. The Balaban J connectivity index is 2.07. The minimum absolute atomic E-state index is 0.0930. The van der Waals surface area contributed by atoms with Crippen molar-refractivity contribution in [2.24, 2.45) is 0 Å². The van der Waals surface area contributed by atoms with Crippen molar-refractivity contribution >= 4 is 26.8 Å². The third kappa shape index (κ3) is 2.29. The summed E-state index contributed by atoms with van der Waals surface area (Å²) in [5, 5.41) is 9.04. The summed E-state index contributed by atoms with van der Waals surface area (Å²) >= 11 is 0. The average molecular weight is 294 g/mol. The molecule has 1 N–H and O–H groups in total. The highest BCUT2D eigenvalue weighted by Gasteiger charge is 2.27. The van der Waals surface area contributed by atoms with Crippen molar-refractivity contribution in [1.82, 2.24) is 9.55 Å². The van der Waals surface area contributed by atoms with Crippen molar-refractivity contribution in [3.8, 4) is 0 Å². The van der Waals surface area contributed by atoms with Crippen LogP contribution in [0.3, 0.4) is 0 Å². The van der Waals surface area contributed by atoms with E-state index in [1.165, 1.54) is 6.07 Å². The molecule has 0 bridgehead atoms. The molecule has 0 spiro atoms. The predicted molar refractivity (Wildman–Crippen MR) is 73.6 cm³/mol. The van der Waals surface area contributed by atoms with Crippen LogP contribution in [0.5, 0.6) is 0 Å². The molecular formula is C13H14N2O4S. The summed E-state index contributed by atoms with van der Waals surface area (Å²) < 4.78 is 25.3. The standard InChI is InChI=1S/C13H14N2O4S/c16-13(17)9-3-4-11-12(6-9)15(8-14-11)10-2-1-5-20(18,19)7-10/h3-4,6,8,10H,1-2,5,7H2,(H,16,17). The lowest BCUT2D eigenvalue weighted by Gasteiger charge is -2.23. The number of rotatable bonds is 2. The number of nitrogens with zero attached hydrogens (tertiary/aromatic N) is 2. The highest BCUT2D eigenvalue weighted by atomic mass is 32.2. The van der Waals surface area contributed by atoms with Crippen LogP contribution in [0.15, 0.2) is 24.5 Å². The van der Waals surface area contributed by atoms with Gasteiger partial charge in [-0.2, -0.15) is 0 Å². The lowest BCUT2D eigenvalue weighted by molar-refractivity contribution is 0.0697. The fourth-order valence-corrected chi connectivity index (χ4v) is 4.35. The van der Waals surface area contributed by atoms with E-state index in [4.69, 9.17) is 5.11 Å². The Morgan fingerprint density at radius 1 is 1.40 bits per heavy atom. The highest BCUT2D eigenvalue weighted by Crippen LogP contribution is 2.27. The maximum absolute atomic E-state index is 11.7. The zero-order valence-electron chi connectivity index (χ0n) is 10.7. The minimum Gasteiger partial charge on any atom is -0.478 e. The van der Waals surface area contributed by atoms with Gasteiger partial charge in [-0.05, 0) is 31.0 Å². The van der Waals surface area contributed by atoms with Gasteiger partial charge in [0, 0.05) is 6.04 Å². The number of imidazole rings is 1. The SMILES string of the molecule is O=C(O)c1ccc2ncn(C3CCCS(=O)(=O)C3)c2c1. The van der Waals surface area contributed by atoms with Gasteiger partial charge in [-0.1, -0.05) is 0 Å². The Hall–Kier alpha value is -1.89. The Kier molecular flexibility index (Phi) is 3.01. The normalized spacial score (nSPS) is 21.9. The van der Waals surface area contributed by atoms with Crippen LogP contribution in [0.4, 0.5) is 0 Å². The largest absolute Gasteiger partial charge is 0.478 e. The summed E-state index contributed by atoms with van der Waals surface area (Å²) in [6.45, 7) is 0. The average Bonchev–Trinajstić information content (AvgIpc) is 2.80. The number of fused-ring (bicyclic) bond motifs is 1. The molecule has 1 aliphatic rings. The Morgan fingerprint density at radius 2 is 2.20 bits per heavy atom. The molecule has 106 valence electrons. The molecule has 1 aliphatic heterocycles. The van der Waals surface area contributed by atoms with E-state index in [-0.39, 0.29) is 23.1 Å². The van der Waals surface area contributed by atoms with Gasteiger partial charge in [0.25, 0.3) is 0 Å². The molecule has 6 nitrogen and oxygen atoms in total. The minimum atomic E-state index is -3.02. The lowest BCUT2D eigenvalue weighted by Crippen LogP contribution is -2.27.